The minimum absolute atomic E-state index is 0.0174. The highest BCUT2D eigenvalue weighted by Crippen LogP contribution is 2.36. The monoisotopic (exact) mass is 459 g/mol. The lowest BCUT2D eigenvalue weighted by Crippen LogP contribution is -2.37. The molecule has 1 unspecified atom stereocenters. The van der Waals surface area contributed by atoms with E-state index < -0.39 is 0 Å². The van der Waals surface area contributed by atoms with Crippen molar-refractivity contribution in [2.75, 3.05) is 7.11 Å². The number of amides is 1. The molecule has 2 heterocycles. The third-order valence-corrected chi connectivity index (χ3v) is 5.86. The average Bonchev–Trinajstić information content (AvgIpc) is 3.51. The van der Waals surface area contributed by atoms with Crippen molar-refractivity contribution in [3.8, 4) is 23.1 Å². The molecular formula is C27H29N3O4. The molecule has 0 saturated carbocycles. The zero-order valence-electron chi connectivity index (χ0n) is 19.9. The Bertz CT molecular complexity index is 1230. The molecule has 0 radical (unpaired) electrons. The van der Waals surface area contributed by atoms with Crippen molar-refractivity contribution in [1.82, 2.24) is 14.7 Å². The molecule has 7 nitrogen and oxygen atoms in total. The molecule has 1 amide bonds. The molecule has 4 rings (SSSR count). The van der Waals surface area contributed by atoms with Crippen LogP contribution in [-0.2, 0) is 6.54 Å². The molecule has 0 aliphatic rings. The summed E-state index contributed by atoms with van der Waals surface area (Å²) in [5, 5.41) is 4.78. The van der Waals surface area contributed by atoms with Crippen LogP contribution in [0.25, 0.3) is 5.69 Å². The minimum Gasteiger partial charge on any atom is -0.493 e. The first-order valence-electron chi connectivity index (χ1n) is 11.3. The summed E-state index contributed by atoms with van der Waals surface area (Å²) in [6.07, 6.45) is 2.30. The second-order valence-electron chi connectivity index (χ2n) is 8.04. The first kappa shape index (κ1) is 23.2. The van der Waals surface area contributed by atoms with E-state index in [0.29, 0.717) is 29.7 Å². The van der Waals surface area contributed by atoms with Crippen molar-refractivity contribution in [3.63, 3.8) is 0 Å². The summed E-state index contributed by atoms with van der Waals surface area (Å²) in [6.45, 7) is 6.33. The Hall–Kier alpha value is -4.00. The van der Waals surface area contributed by atoms with Crippen LogP contribution in [-0.4, -0.2) is 33.7 Å². The molecule has 34 heavy (non-hydrogen) atoms. The summed E-state index contributed by atoms with van der Waals surface area (Å²) in [5.74, 6) is 1.84. The zero-order valence-corrected chi connectivity index (χ0v) is 19.9. The molecule has 0 aliphatic heterocycles. The number of ether oxygens (including phenoxy) is 2. The number of rotatable bonds is 9. The molecule has 176 valence electrons. The Morgan fingerprint density at radius 1 is 1.06 bits per heavy atom. The van der Waals surface area contributed by atoms with Crippen molar-refractivity contribution in [2.24, 2.45) is 0 Å². The molecule has 0 aliphatic carbocycles. The van der Waals surface area contributed by atoms with E-state index in [1.807, 2.05) is 68.4 Å². The number of methoxy groups -OCH3 is 1. The van der Waals surface area contributed by atoms with Crippen molar-refractivity contribution in [2.45, 2.75) is 39.8 Å². The number of aromatic nitrogens is 2. The number of para-hydroxylation sites is 3. The van der Waals surface area contributed by atoms with Gasteiger partial charge in [0.05, 0.1) is 36.9 Å². The number of carbonyl (C=O) groups is 1. The number of aryl methyl sites for hydroxylation is 1. The maximum Gasteiger partial charge on any atom is 0.290 e. The van der Waals surface area contributed by atoms with E-state index >= 15 is 0 Å². The van der Waals surface area contributed by atoms with Crippen molar-refractivity contribution in [3.05, 3.63) is 90.0 Å². The summed E-state index contributed by atoms with van der Waals surface area (Å²) in [7, 11) is 1.61. The Morgan fingerprint density at radius 3 is 2.41 bits per heavy atom. The molecule has 0 N–H and O–H groups in total. The molecule has 7 heteroatoms. The first-order chi connectivity index (χ1) is 16.5. The van der Waals surface area contributed by atoms with Crippen LogP contribution in [0.2, 0.25) is 0 Å². The van der Waals surface area contributed by atoms with Crippen LogP contribution in [0.15, 0.2) is 77.4 Å². The Kier molecular flexibility index (Phi) is 7.01. The highest BCUT2D eigenvalue weighted by atomic mass is 16.5. The second kappa shape index (κ2) is 10.3. The lowest BCUT2D eigenvalue weighted by Gasteiger charge is -2.28. The van der Waals surface area contributed by atoms with Crippen LogP contribution in [0.1, 0.15) is 42.1 Å². The fraction of sp³-hybridized carbons (Fsp3) is 0.259. The van der Waals surface area contributed by atoms with Gasteiger partial charge in [-0.3, -0.25) is 4.79 Å². The third-order valence-electron chi connectivity index (χ3n) is 5.86. The lowest BCUT2D eigenvalue weighted by molar-refractivity contribution is 0.0637. The molecule has 0 saturated heterocycles. The van der Waals surface area contributed by atoms with Gasteiger partial charge in [-0.05, 0) is 56.7 Å². The molecule has 2 aromatic carbocycles. The quantitative estimate of drug-likeness (QED) is 0.306. The highest BCUT2D eigenvalue weighted by molar-refractivity contribution is 5.91. The number of carbonyl (C=O) groups excluding carboxylic acids is 1. The maximum atomic E-state index is 13.3. The normalized spacial score (nSPS) is 11.8. The first-order valence-corrected chi connectivity index (χ1v) is 11.3. The standard InChI is InChI=1S/C27H29N3O4/c1-5-19(2)29(26(31)25-16-11-17-33-25)18-22-20(3)28-30(21-12-7-6-8-13-21)27(22)34-24-15-10-9-14-23(24)32-4/h6-17,19H,5,18H2,1-4H3. The van der Waals surface area contributed by atoms with E-state index in [4.69, 9.17) is 19.0 Å². The molecule has 2 aromatic heterocycles. The van der Waals surface area contributed by atoms with Gasteiger partial charge in [0.1, 0.15) is 0 Å². The number of hydrogen-bond donors (Lipinski definition) is 0. The van der Waals surface area contributed by atoms with Gasteiger partial charge in [0.25, 0.3) is 5.91 Å². The van der Waals surface area contributed by atoms with Crippen LogP contribution < -0.4 is 9.47 Å². The van der Waals surface area contributed by atoms with Crippen molar-refractivity contribution in [1.29, 1.82) is 0 Å². The number of hydrogen-bond acceptors (Lipinski definition) is 5. The zero-order chi connectivity index (χ0) is 24.1. The van der Waals surface area contributed by atoms with E-state index in [9.17, 15) is 4.79 Å². The van der Waals surface area contributed by atoms with Crippen LogP contribution in [0.5, 0.6) is 17.4 Å². The summed E-state index contributed by atoms with van der Waals surface area (Å²) >= 11 is 0. The van der Waals surface area contributed by atoms with Crippen molar-refractivity contribution >= 4 is 5.91 Å². The molecular weight excluding hydrogens is 430 g/mol. The van der Waals surface area contributed by atoms with Gasteiger partial charge in [0.2, 0.25) is 5.88 Å². The Labute approximate surface area is 199 Å². The van der Waals surface area contributed by atoms with Crippen molar-refractivity contribution < 1.29 is 18.7 Å². The molecule has 0 fully saturated rings. The van der Waals surface area contributed by atoms with Crippen LogP contribution in [0.4, 0.5) is 0 Å². The molecule has 0 spiro atoms. The Balaban J connectivity index is 1.81. The largest absolute Gasteiger partial charge is 0.493 e. The van der Waals surface area contributed by atoms with E-state index in [1.54, 1.807) is 28.8 Å². The fourth-order valence-corrected chi connectivity index (χ4v) is 3.74. The predicted molar refractivity (Wildman–Crippen MR) is 130 cm³/mol. The van der Waals surface area contributed by atoms with Gasteiger partial charge in [-0.15, -0.1) is 0 Å². The number of benzene rings is 2. The van der Waals surface area contributed by atoms with E-state index in [0.717, 1.165) is 23.4 Å². The molecule has 0 bridgehead atoms. The fourth-order valence-electron chi connectivity index (χ4n) is 3.74. The molecule has 4 aromatic rings. The SMILES string of the molecule is CCC(C)N(Cc1c(C)nn(-c2ccccc2)c1Oc1ccccc1OC)C(=O)c1ccco1. The second-order valence-corrected chi connectivity index (χ2v) is 8.04. The van der Waals surface area contributed by atoms with Gasteiger partial charge in [-0.25, -0.2) is 4.68 Å². The summed E-state index contributed by atoms with van der Waals surface area (Å²) in [5.41, 5.74) is 2.44. The third kappa shape index (κ3) is 4.69. The lowest BCUT2D eigenvalue weighted by atomic mass is 10.1. The topological polar surface area (TPSA) is 69.7 Å². The molecule has 1 atom stereocenters. The van der Waals surface area contributed by atoms with Gasteiger partial charge in [0, 0.05) is 6.04 Å². The predicted octanol–water partition coefficient (Wildman–Crippen LogP) is 6.02. The van der Waals surface area contributed by atoms with E-state index in [2.05, 4.69) is 6.92 Å². The number of furan rings is 1. The number of nitrogens with zero attached hydrogens (tertiary/aromatic N) is 3. The van der Waals surface area contributed by atoms with Gasteiger partial charge in [-0.2, -0.15) is 5.10 Å². The van der Waals surface area contributed by atoms with Crippen LogP contribution >= 0.6 is 0 Å². The Morgan fingerprint density at radius 2 is 1.76 bits per heavy atom. The van der Waals surface area contributed by atoms with Gasteiger partial charge >= 0.3 is 0 Å². The summed E-state index contributed by atoms with van der Waals surface area (Å²) in [6, 6.07) is 20.6. The summed E-state index contributed by atoms with van der Waals surface area (Å²) in [4.78, 5) is 15.1. The van der Waals surface area contributed by atoms with E-state index in [-0.39, 0.29) is 11.9 Å². The van der Waals surface area contributed by atoms with Gasteiger partial charge in [-0.1, -0.05) is 37.3 Å². The van der Waals surface area contributed by atoms with Crippen LogP contribution in [0.3, 0.4) is 0 Å². The smallest absolute Gasteiger partial charge is 0.290 e. The van der Waals surface area contributed by atoms with E-state index in [1.165, 1.54) is 6.26 Å². The highest BCUT2D eigenvalue weighted by Gasteiger charge is 2.28. The summed E-state index contributed by atoms with van der Waals surface area (Å²) < 4.78 is 19.1. The average molecular weight is 460 g/mol. The van der Waals surface area contributed by atoms with Gasteiger partial charge in [0.15, 0.2) is 17.3 Å². The minimum atomic E-state index is -0.172. The van der Waals surface area contributed by atoms with Crippen LogP contribution in [0, 0.1) is 6.92 Å². The maximum absolute atomic E-state index is 13.3. The van der Waals surface area contributed by atoms with Gasteiger partial charge < -0.3 is 18.8 Å².